The maximum atomic E-state index is 12.6. The van der Waals surface area contributed by atoms with E-state index in [0.29, 0.717) is 43.2 Å². The molecule has 1 saturated heterocycles. The van der Waals surface area contributed by atoms with E-state index in [1.807, 2.05) is 4.90 Å². The maximum Gasteiger partial charge on any atom is 0.253 e. The molecule has 3 rings (SSSR count). The van der Waals surface area contributed by atoms with Crippen molar-refractivity contribution in [2.24, 2.45) is 5.92 Å². The molecule has 1 aliphatic carbocycles. The van der Waals surface area contributed by atoms with Crippen LogP contribution in [0.2, 0.25) is 0 Å². The van der Waals surface area contributed by atoms with E-state index in [2.05, 4.69) is 10.6 Å². The molecule has 1 aromatic carbocycles. The lowest BCUT2D eigenvalue weighted by atomic mass is 9.95. The largest absolute Gasteiger partial charge is 0.353 e. The van der Waals surface area contributed by atoms with Crippen LogP contribution in [0.15, 0.2) is 24.3 Å². The Balaban J connectivity index is 1.49. The minimum absolute atomic E-state index is 0.0155. The number of amides is 3. The minimum Gasteiger partial charge on any atom is -0.353 e. The SMILES string of the molecule is CC(=O)Nc1ccc(C(=O)N2CCC(C(=O)NC3CCCC3)CC2)cc1. The van der Waals surface area contributed by atoms with Gasteiger partial charge in [0.05, 0.1) is 0 Å². The molecule has 0 spiro atoms. The van der Waals surface area contributed by atoms with Crippen LogP contribution in [-0.4, -0.2) is 41.8 Å². The molecule has 2 aliphatic rings. The van der Waals surface area contributed by atoms with Gasteiger partial charge in [-0.15, -0.1) is 0 Å². The van der Waals surface area contributed by atoms with Gasteiger partial charge in [-0.2, -0.15) is 0 Å². The molecule has 0 bridgehead atoms. The molecule has 0 radical (unpaired) electrons. The standard InChI is InChI=1S/C20H27N3O3/c1-14(24)21-18-8-6-16(7-9-18)20(26)23-12-10-15(11-13-23)19(25)22-17-4-2-3-5-17/h6-9,15,17H,2-5,10-13H2,1H3,(H,21,24)(H,22,25). The number of hydrogen-bond acceptors (Lipinski definition) is 3. The number of piperidine rings is 1. The van der Waals surface area contributed by atoms with Gasteiger partial charge in [-0.1, -0.05) is 12.8 Å². The summed E-state index contributed by atoms with van der Waals surface area (Å²) in [4.78, 5) is 37.9. The van der Waals surface area contributed by atoms with Crippen LogP contribution in [0.4, 0.5) is 5.69 Å². The number of rotatable bonds is 4. The highest BCUT2D eigenvalue weighted by molar-refractivity contribution is 5.95. The summed E-state index contributed by atoms with van der Waals surface area (Å²) in [5.41, 5.74) is 1.28. The summed E-state index contributed by atoms with van der Waals surface area (Å²) >= 11 is 0. The summed E-state index contributed by atoms with van der Waals surface area (Å²) in [6.07, 6.45) is 6.04. The second-order valence-electron chi connectivity index (χ2n) is 7.31. The highest BCUT2D eigenvalue weighted by Crippen LogP contribution is 2.22. The maximum absolute atomic E-state index is 12.6. The molecule has 1 aromatic rings. The number of nitrogens with zero attached hydrogens (tertiary/aromatic N) is 1. The molecule has 2 fully saturated rings. The van der Waals surface area contributed by atoms with Gasteiger partial charge in [-0.05, 0) is 49.9 Å². The molecule has 140 valence electrons. The fraction of sp³-hybridized carbons (Fsp3) is 0.550. The Morgan fingerprint density at radius 2 is 1.58 bits per heavy atom. The fourth-order valence-electron chi connectivity index (χ4n) is 3.82. The summed E-state index contributed by atoms with van der Waals surface area (Å²) in [6, 6.07) is 7.27. The summed E-state index contributed by atoms with van der Waals surface area (Å²) in [5, 5.41) is 5.86. The first kappa shape index (κ1) is 18.4. The number of hydrogen-bond donors (Lipinski definition) is 2. The molecule has 0 unspecified atom stereocenters. The van der Waals surface area contributed by atoms with Gasteiger partial charge in [0.1, 0.15) is 0 Å². The van der Waals surface area contributed by atoms with Gasteiger partial charge in [-0.25, -0.2) is 0 Å². The van der Waals surface area contributed by atoms with E-state index >= 15 is 0 Å². The molecule has 1 saturated carbocycles. The van der Waals surface area contributed by atoms with E-state index in [1.54, 1.807) is 24.3 Å². The Morgan fingerprint density at radius 1 is 0.962 bits per heavy atom. The van der Waals surface area contributed by atoms with Crippen LogP contribution >= 0.6 is 0 Å². The Hall–Kier alpha value is -2.37. The van der Waals surface area contributed by atoms with Gasteiger partial charge in [0.2, 0.25) is 11.8 Å². The zero-order valence-electron chi connectivity index (χ0n) is 15.3. The van der Waals surface area contributed by atoms with Crippen molar-refractivity contribution >= 4 is 23.4 Å². The quantitative estimate of drug-likeness (QED) is 0.869. The molecular weight excluding hydrogens is 330 g/mol. The van der Waals surface area contributed by atoms with E-state index < -0.39 is 0 Å². The van der Waals surface area contributed by atoms with Crippen molar-refractivity contribution in [2.75, 3.05) is 18.4 Å². The van der Waals surface area contributed by atoms with Crippen LogP contribution in [0, 0.1) is 5.92 Å². The van der Waals surface area contributed by atoms with Gasteiger partial charge >= 0.3 is 0 Å². The normalized spacial score (nSPS) is 18.6. The lowest BCUT2D eigenvalue weighted by Gasteiger charge is -2.32. The molecule has 3 amide bonds. The fourth-order valence-corrected chi connectivity index (χ4v) is 3.82. The number of nitrogens with one attached hydrogen (secondary N) is 2. The summed E-state index contributed by atoms with van der Waals surface area (Å²) in [7, 11) is 0. The van der Waals surface area contributed by atoms with Gasteiger partial charge < -0.3 is 15.5 Å². The molecule has 2 N–H and O–H groups in total. The van der Waals surface area contributed by atoms with Gasteiger partial charge in [0.15, 0.2) is 0 Å². The van der Waals surface area contributed by atoms with Crippen LogP contribution < -0.4 is 10.6 Å². The monoisotopic (exact) mass is 357 g/mol. The van der Waals surface area contributed by atoms with E-state index in [-0.39, 0.29) is 23.6 Å². The number of likely N-dealkylation sites (tertiary alicyclic amines) is 1. The van der Waals surface area contributed by atoms with Crippen LogP contribution in [0.1, 0.15) is 55.8 Å². The average Bonchev–Trinajstić information content (AvgIpc) is 3.14. The van der Waals surface area contributed by atoms with E-state index in [0.717, 1.165) is 12.8 Å². The van der Waals surface area contributed by atoms with Crippen LogP contribution in [0.25, 0.3) is 0 Å². The Bertz CT molecular complexity index is 657. The van der Waals surface area contributed by atoms with Crippen molar-refractivity contribution in [3.05, 3.63) is 29.8 Å². The van der Waals surface area contributed by atoms with Gasteiger partial charge in [-0.3, -0.25) is 14.4 Å². The zero-order chi connectivity index (χ0) is 18.5. The van der Waals surface area contributed by atoms with E-state index in [9.17, 15) is 14.4 Å². The molecule has 0 aromatic heterocycles. The second kappa shape index (κ2) is 8.34. The number of anilines is 1. The number of carbonyl (C=O) groups is 3. The highest BCUT2D eigenvalue weighted by atomic mass is 16.2. The molecular formula is C20H27N3O3. The average molecular weight is 357 g/mol. The van der Waals surface area contributed by atoms with Gasteiger partial charge in [0, 0.05) is 43.2 Å². The molecule has 1 aliphatic heterocycles. The van der Waals surface area contributed by atoms with Crippen LogP contribution in [0.5, 0.6) is 0 Å². The third-order valence-electron chi connectivity index (χ3n) is 5.31. The third kappa shape index (κ3) is 4.62. The summed E-state index contributed by atoms with van der Waals surface area (Å²) < 4.78 is 0. The lowest BCUT2D eigenvalue weighted by molar-refractivity contribution is -0.127. The van der Waals surface area contributed by atoms with Crippen molar-refractivity contribution in [1.29, 1.82) is 0 Å². The Kier molecular flexibility index (Phi) is 5.91. The smallest absolute Gasteiger partial charge is 0.253 e. The Labute approximate surface area is 154 Å². The van der Waals surface area contributed by atoms with Crippen LogP contribution in [0.3, 0.4) is 0 Å². The highest BCUT2D eigenvalue weighted by Gasteiger charge is 2.29. The number of carbonyl (C=O) groups excluding carboxylic acids is 3. The third-order valence-corrected chi connectivity index (χ3v) is 5.31. The predicted molar refractivity (Wildman–Crippen MR) is 99.8 cm³/mol. The van der Waals surface area contributed by atoms with Crippen molar-refractivity contribution in [3.8, 4) is 0 Å². The topological polar surface area (TPSA) is 78.5 Å². The Morgan fingerprint density at radius 3 is 2.15 bits per heavy atom. The van der Waals surface area contributed by atoms with Crippen molar-refractivity contribution in [1.82, 2.24) is 10.2 Å². The van der Waals surface area contributed by atoms with E-state index in [1.165, 1.54) is 19.8 Å². The van der Waals surface area contributed by atoms with Crippen molar-refractivity contribution in [3.63, 3.8) is 0 Å². The molecule has 0 atom stereocenters. The van der Waals surface area contributed by atoms with Crippen molar-refractivity contribution in [2.45, 2.75) is 51.5 Å². The molecule has 6 heteroatoms. The number of benzene rings is 1. The molecule has 6 nitrogen and oxygen atoms in total. The first-order valence-electron chi connectivity index (χ1n) is 9.50. The van der Waals surface area contributed by atoms with Gasteiger partial charge in [0.25, 0.3) is 5.91 Å². The second-order valence-corrected chi connectivity index (χ2v) is 7.31. The minimum atomic E-state index is -0.137. The molecule has 1 heterocycles. The predicted octanol–water partition coefficient (Wildman–Crippen LogP) is 2.56. The van der Waals surface area contributed by atoms with Crippen LogP contribution in [-0.2, 0) is 9.59 Å². The lowest BCUT2D eigenvalue weighted by Crippen LogP contribution is -2.44. The van der Waals surface area contributed by atoms with Crippen molar-refractivity contribution < 1.29 is 14.4 Å². The molecule has 26 heavy (non-hydrogen) atoms. The summed E-state index contributed by atoms with van der Waals surface area (Å²) in [6.45, 7) is 2.66. The first-order valence-corrected chi connectivity index (χ1v) is 9.50. The zero-order valence-corrected chi connectivity index (χ0v) is 15.3. The summed E-state index contributed by atoms with van der Waals surface area (Å²) in [5.74, 6) is 0.0153. The first-order chi connectivity index (χ1) is 12.5. The van der Waals surface area contributed by atoms with E-state index in [4.69, 9.17) is 0 Å².